The Bertz CT molecular complexity index is 295. The van der Waals surface area contributed by atoms with Crippen molar-refractivity contribution >= 4 is 5.97 Å². The van der Waals surface area contributed by atoms with Crippen molar-refractivity contribution in [1.82, 2.24) is 15.1 Å². The molecule has 1 rings (SSSR count). The van der Waals surface area contributed by atoms with Crippen LogP contribution in [0.5, 0.6) is 0 Å². The van der Waals surface area contributed by atoms with Crippen LogP contribution in [0.3, 0.4) is 0 Å². The Morgan fingerprint density at radius 3 is 2.92 bits per heavy atom. The highest BCUT2D eigenvalue weighted by Crippen LogP contribution is 2.14. The van der Waals surface area contributed by atoms with Gasteiger partial charge in [0.2, 0.25) is 0 Å². The fourth-order valence-corrected chi connectivity index (χ4v) is 1.18. The van der Waals surface area contributed by atoms with Crippen molar-refractivity contribution in [3.8, 4) is 0 Å². The van der Waals surface area contributed by atoms with Crippen molar-refractivity contribution in [2.24, 2.45) is 7.05 Å². The number of hydrogen-bond donors (Lipinski definition) is 2. The van der Waals surface area contributed by atoms with E-state index in [4.69, 9.17) is 5.11 Å². The Morgan fingerprint density at radius 2 is 2.54 bits per heavy atom. The molecule has 0 amide bonds. The van der Waals surface area contributed by atoms with Gasteiger partial charge in [0, 0.05) is 24.8 Å². The minimum Gasteiger partial charge on any atom is -0.481 e. The van der Waals surface area contributed by atoms with Crippen LogP contribution in [-0.4, -0.2) is 27.9 Å². The quantitative estimate of drug-likeness (QED) is 0.697. The molecule has 13 heavy (non-hydrogen) atoms. The summed E-state index contributed by atoms with van der Waals surface area (Å²) in [4.78, 5) is 10.5. The molecule has 0 aliphatic carbocycles. The molecule has 1 aromatic heterocycles. The van der Waals surface area contributed by atoms with E-state index in [1.54, 1.807) is 25.0 Å². The Balaban J connectivity index is 2.72. The normalized spacial score (nSPS) is 12.8. The number of carboxylic acid groups (broad SMARTS) is 1. The molecule has 0 spiro atoms. The molecule has 1 heterocycles. The summed E-state index contributed by atoms with van der Waals surface area (Å²) < 4.78 is 1.65. The molecule has 1 unspecified atom stereocenters. The van der Waals surface area contributed by atoms with Gasteiger partial charge in [-0.1, -0.05) is 0 Å². The third kappa shape index (κ3) is 2.55. The van der Waals surface area contributed by atoms with E-state index in [1.165, 1.54) is 0 Å². The molecule has 1 atom stereocenters. The highest BCUT2D eigenvalue weighted by Gasteiger charge is 2.14. The maximum atomic E-state index is 10.5. The molecule has 0 radical (unpaired) electrons. The van der Waals surface area contributed by atoms with Crippen LogP contribution >= 0.6 is 0 Å². The van der Waals surface area contributed by atoms with Gasteiger partial charge in [0.1, 0.15) is 0 Å². The first-order valence-electron chi connectivity index (χ1n) is 4.01. The van der Waals surface area contributed by atoms with Gasteiger partial charge in [-0.15, -0.1) is 0 Å². The van der Waals surface area contributed by atoms with Crippen LogP contribution in [0.15, 0.2) is 12.4 Å². The molecule has 0 bridgehead atoms. The maximum Gasteiger partial charge on any atom is 0.305 e. The number of aromatic nitrogens is 2. The van der Waals surface area contributed by atoms with Crippen LogP contribution in [0.4, 0.5) is 0 Å². The maximum absolute atomic E-state index is 10.5. The second-order valence-electron chi connectivity index (χ2n) is 2.89. The Morgan fingerprint density at radius 1 is 1.85 bits per heavy atom. The first-order chi connectivity index (χ1) is 6.13. The SMILES string of the molecule is CNC(CC(=O)O)c1cnn(C)c1. The van der Waals surface area contributed by atoms with E-state index < -0.39 is 5.97 Å². The standard InChI is InChI=1S/C8H13N3O2/c1-9-7(3-8(12)13)6-4-10-11(2)5-6/h4-5,7,9H,3H2,1-2H3,(H,12,13). The Labute approximate surface area is 76.4 Å². The van der Waals surface area contributed by atoms with Gasteiger partial charge in [0.05, 0.1) is 12.6 Å². The summed E-state index contributed by atoms with van der Waals surface area (Å²) in [6, 6.07) is -0.161. The summed E-state index contributed by atoms with van der Waals surface area (Å²) >= 11 is 0. The van der Waals surface area contributed by atoms with Crippen molar-refractivity contribution in [3.63, 3.8) is 0 Å². The highest BCUT2D eigenvalue weighted by atomic mass is 16.4. The highest BCUT2D eigenvalue weighted by molar-refractivity contribution is 5.67. The molecule has 5 heteroatoms. The molecule has 0 aliphatic heterocycles. The summed E-state index contributed by atoms with van der Waals surface area (Å²) in [6.45, 7) is 0. The minimum atomic E-state index is -0.816. The van der Waals surface area contributed by atoms with Crippen molar-refractivity contribution in [2.75, 3.05) is 7.05 Å². The van der Waals surface area contributed by atoms with Crippen LogP contribution in [0.1, 0.15) is 18.0 Å². The van der Waals surface area contributed by atoms with E-state index in [9.17, 15) is 4.79 Å². The average Bonchev–Trinajstić information content (AvgIpc) is 2.47. The lowest BCUT2D eigenvalue weighted by Crippen LogP contribution is -2.19. The molecular weight excluding hydrogens is 170 g/mol. The molecule has 2 N–H and O–H groups in total. The van der Waals surface area contributed by atoms with Crippen molar-refractivity contribution in [1.29, 1.82) is 0 Å². The summed E-state index contributed by atoms with van der Waals surface area (Å²) in [7, 11) is 3.54. The third-order valence-electron chi connectivity index (χ3n) is 1.85. The summed E-state index contributed by atoms with van der Waals surface area (Å²) in [5.41, 5.74) is 0.896. The molecule has 0 fully saturated rings. The summed E-state index contributed by atoms with van der Waals surface area (Å²) in [5, 5.41) is 15.5. The Kier molecular flexibility index (Phi) is 3.02. The molecule has 0 saturated carbocycles. The fraction of sp³-hybridized carbons (Fsp3) is 0.500. The van der Waals surface area contributed by atoms with Gasteiger partial charge in [-0.2, -0.15) is 5.10 Å². The van der Waals surface area contributed by atoms with Crippen LogP contribution in [-0.2, 0) is 11.8 Å². The van der Waals surface area contributed by atoms with E-state index in [0.717, 1.165) is 5.56 Å². The average molecular weight is 183 g/mol. The zero-order chi connectivity index (χ0) is 9.84. The van der Waals surface area contributed by atoms with Crippen molar-refractivity contribution in [2.45, 2.75) is 12.5 Å². The van der Waals surface area contributed by atoms with Crippen LogP contribution in [0.25, 0.3) is 0 Å². The monoisotopic (exact) mass is 183 g/mol. The van der Waals surface area contributed by atoms with E-state index >= 15 is 0 Å². The van der Waals surface area contributed by atoms with Gasteiger partial charge < -0.3 is 10.4 Å². The lowest BCUT2D eigenvalue weighted by atomic mass is 10.1. The van der Waals surface area contributed by atoms with Crippen LogP contribution in [0, 0.1) is 0 Å². The molecule has 0 aliphatic rings. The van der Waals surface area contributed by atoms with Crippen LogP contribution < -0.4 is 5.32 Å². The second-order valence-corrected chi connectivity index (χ2v) is 2.89. The lowest BCUT2D eigenvalue weighted by molar-refractivity contribution is -0.137. The zero-order valence-corrected chi connectivity index (χ0v) is 7.69. The summed E-state index contributed by atoms with van der Waals surface area (Å²) in [5.74, 6) is -0.816. The lowest BCUT2D eigenvalue weighted by Gasteiger charge is -2.10. The molecule has 0 aromatic carbocycles. The van der Waals surface area contributed by atoms with Gasteiger partial charge in [-0.05, 0) is 7.05 Å². The number of aliphatic carboxylic acids is 1. The van der Waals surface area contributed by atoms with E-state index in [1.807, 2.05) is 6.20 Å². The number of hydrogen-bond acceptors (Lipinski definition) is 3. The topological polar surface area (TPSA) is 67.2 Å². The fourth-order valence-electron chi connectivity index (χ4n) is 1.18. The van der Waals surface area contributed by atoms with Crippen LogP contribution in [0.2, 0.25) is 0 Å². The van der Waals surface area contributed by atoms with Gasteiger partial charge in [0.15, 0.2) is 0 Å². The van der Waals surface area contributed by atoms with Gasteiger partial charge in [-0.3, -0.25) is 9.48 Å². The molecule has 0 saturated heterocycles. The molecule has 72 valence electrons. The predicted molar refractivity (Wildman–Crippen MR) is 47.3 cm³/mol. The van der Waals surface area contributed by atoms with Crippen molar-refractivity contribution < 1.29 is 9.90 Å². The van der Waals surface area contributed by atoms with E-state index in [-0.39, 0.29) is 12.5 Å². The number of rotatable bonds is 4. The third-order valence-corrected chi connectivity index (χ3v) is 1.85. The smallest absolute Gasteiger partial charge is 0.305 e. The largest absolute Gasteiger partial charge is 0.481 e. The van der Waals surface area contributed by atoms with E-state index in [2.05, 4.69) is 10.4 Å². The molecule has 1 aromatic rings. The van der Waals surface area contributed by atoms with Crippen molar-refractivity contribution in [3.05, 3.63) is 18.0 Å². The van der Waals surface area contributed by atoms with Gasteiger partial charge >= 0.3 is 5.97 Å². The minimum absolute atomic E-state index is 0.0716. The number of nitrogens with zero attached hydrogens (tertiary/aromatic N) is 2. The van der Waals surface area contributed by atoms with Gasteiger partial charge in [-0.25, -0.2) is 0 Å². The predicted octanol–water partition coefficient (Wildman–Crippen LogP) is 0.155. The second kappa shape index (κ2) is 4.04. The number of carboxylic acids is 1. The number of aryl methyl sites for hydroxylation is 1. The first-order valence-corrected chi connectivity index (χ1v) is 4.01. The summed E-state index contributed by atoms with van der Waals surface area (Å²) in [6.07, 6.45) is 3.55. The molecular formula is C8H13N3O2. The van der Waals surface area contributed by atoms with E-state index in [0.29, 0.717) is 0 Å². The van der Waals surface area contributed by atoms with Gasteiger partial charge in [0.25, 0.3) is 0 Å². The Hall–Kier alpha value is -1.36. The molecule has 5 nitrogen and oxygen atoms in total. The first kappa shape index (κ1) is 9.73. The zero-order valence-electron chi connectivity index (χ0n) is 7.69. The number of nitrogens with one attached hydrogen (secondary N) is 1. The number of carbonyl (C=O) groups is 1.